The van der Waals surface area contributed by atoms with Crippen LogP contribution in [0.15, 0.2) is 65.6 Å². The monoisotopic (exact) mass is 392 g/mol. The van der Waals surface area contributed by atoms with Crippen LogP contribution in [0.5, 0.6) is 5.75 Å². The summed E-state index contributed by atoms with van der Waals surface area (Å²) in [5.74, 6) is 2.10. The second-order valence-electron chi connectivity index (χ2n) is 6.96. The molecule has 4 rings (SSSR count). The van der Waals surface area contributed by atoms with Crippen LogP contribution in [0, 0.1) is 0 Å². The van der Waals surface area contributed by atoms with Crippen LogP contribution in [-0.4, -0.2) is 40.1 Å². The number of aliphatic hydroxyl groups excluding tert-OH is 1. The number of aliphatic hydroxyl groups is 1. The lowest BCUT2D eigenvalue weighted by atomic mass is 10.0. The summed E-state index contributed by atoms with van der Waals surface area (Å²) < 4.78 is 0. The number of aromatic hydroxyl groups is 1. The van der Waals surface area contributed by atoms with Crippen LogP contribution in [0.25, 0.3) is 22.4 Å². The molecule has 0 saturated carbocycles. The van der Waals surface area contributed by atoms with Crippen molar-refractivity contribution in [3.63, 3.8) is 0 Å². The van der Waals surface area contributed by atoms with E-state index in [0.717, 1.165) is 41.4 Å². The lowest BCUT2D eigenvalue weighted by Gasteiger charge is -2.19. The smallest absolute Gasteiger partial charge is 0.129 e. The quantitative estimate of drug-likeness (QED) is 0.611. The maximum atomic E-state index is 10.3. The van der Waals surface area contributed by atoms with Gasteiger partial charge in [0.15, 0.2) is 0 Å². The molecule has 144 valence electrons. The van der Waals surface area contributed by atoms with Crippen molar-refractivity contribution in [2.24, 2.45) is 0 Å². The molecule has 0 spiro atoms. The maximum Gasteiger partial charge on any atom is 0.129 e. The van der Waals surface area contributed by atoms with E-state index in [1.165, 1.54) is 4.90 Å². The molecule has 1 unspecified atom stereocenters. The van der Waals surface area contributed by atoms with E-state index in [1.54, 1.807) is 6.07 Å². The highest BCUT2D eigenvalue weighted by Gasteiger charge is 2.22. The van der Waals surface area contributed by atoms with E-state index in [1.807, 2.05) is 36.0 Å². The molecule has 4 nitrogen and oxygen atoms in total. The number of para-hydroxylation sites is 1. The van der Waals surface area contributed by atoms with Crippen molar-refractivity contribution in [3.05, 3.63) is 60.7 Å². The van der Waals surface area contributed by atoms with Crippen LogP contribution in [0.2, 0.25) is 0 Å². The molecule has 28 heavy (non-hydrogen) atoms. The Morgan fingerprint density at radius 2 is 1.86 bits per heavy atom. The van der Waals surface area contributed by atoms with Gasteiger partial charge in [0.05, 0.1) is 11.8 Å². The van der Waals surface area contributed by atoms with Crippen LogP contribution in [0.3, 0.4) is 0 Å². The number of rotatable bonds is 5. The zero-order chi connectivity index (χ0) is 19.5. The summed E-state index contributed by atoms with van der Waals surface area (Å²) in [6, 6.07) is 19.9. The molecule has 2 heterocycles. The Hall–Kier alpha value is -2.50. The average molecular weight is 393 g/mol. The fraction of sp³-hybridized carbons (Fsp3) is 0.261. The third-order valence-electron chi connectivity index (χ3n) is 4.98. The number of thioether (sulfide) groups is 1. The molecule has 0 amide bonds. The van der Waals surface area contributed by atoms with Crippen LogP contribution in [0.1, 0.15) is 13.3 Å². The number of hydrogen-bond acceptors (Lipinski definition) is 5. The summed E-state index contributed by atoms with van der Waals surface area (Å²) in [6.45, 7) is 3.52. The fourth-order valence-electron chi connectivity index (χ4n) is 3.53. The van der Waals surface area contributed by atoms with E-state index in [4.69, 9.17) is 4.98 Å². The first kappa shape index (κ1) is 18.8. The number of β-amino-alcohol motifs (C(OH)–C–C–N with tert-alkyl or cyclic N) is 1. The SMILES string of the molecule is CCSc1ccc(-c2cc(-c3ccccc3O)nc(N3CCC(O)C3)c2)cc1. The minimum atomic E-state index is -0.315. The highest BCUT2D eigenvalue weighted by atomic mass is 32.2. The van der Waals surface area contributed by atoms with Gasteiger partial charge < -0.3 is 15.1 Å². The Morgan fingerprint density at radius 3 is 2.54 bits per heavy atom. The second kappa shape index (κ2) is 8.25. The molecule has 0 aliphatic carbocycles. The molecule has 1 saturated heterocycles. The zero-order valence-corrected chi connectivity index (χ0v) is 16.7. The number of nitrogens with zero attached hydrogens (tertiary/aromatic N) is 2. The molecule has 2 N–H and O–H groups in total. The molecule has 1 atom stereocenters. The van der Waals surface area contributed by atoms with E-state index >= 15 is 0 Å². The first-order valence-corrected chi connectivity index (χ1v) is 10.6. The van der Waals surface area contributed by atoms with Gasteiger partial charge in [-0.3, -0.25) is 0 Å². The van der Waals surface area contributed by atoms with E-state index in [2.05, 4.69) is 42.2 Å². The third-order valence-corrected chi connectivity index (χ3v) is 5.87. The highest BCUT2D eigenvalue weighted by molar-refractivity contribution is 7.99. The van der Waals surface area contributed by atoms with E-state index in [-0.39, 0.29) is 11.9 Å². The van der Waals surface area contributed by atoms with Gasteiger partial charge >= 0.3 is 0 Å². The van der Waals surface area contributed by atoms with Gasteiger partial charge in [-0.2, -0.15) is 0 Å². The lowest BCUT2D eigenvalue weighted by Crippen LogP contribution is -2.22. The van der Waals surface area contributed by atoms with Crippen LogP contribution < -0.4 is 4.90 Å². The van der Waals surface area contributed by atoms with Crippen molar-refractivity contribution in [1.29, 1.82) is 0 Å². The number of phenols is 1. The van der Waals surface area contributed by atoms with Crippen molar-refractivity contribution in [2.75, 3.05) is 23.7 Å². The van der Waals surface area contributed by atoms with E-state index < -0.39 is 0 Å². The van der Waals surface area contributed by atoms with Gasteiger partial charge in [0.2, 0.25) is 0 Å². The molecule has 3 aromatic rings. The lowest BCUT2D eigenvalue weighted by molar-refractivity contribution is 0.198. The van der Waals surface area contributed by atoms with Crippen molar-refractivity contribution in [3.8, 4) is 28.1 Å². The van der Waals surface area contributed by atoms with Gasteiger partial charge in [-0.25, -0.2) is 4.98 Å². The van der Waals surface area contributed by atoms with Gasteiger partial charge in [-0.15, -0.1) is 11.8 Å². The summed E-state index contributed by atoms with van der Waals surface area (Å²) >= 11 is 1.82. The van der Waals surface area contributed by atoms with E-state index in [0.29, 0.717) is 12.1 Å². The number of anilines is 1. The average Bonchev–Trinajstić information content (AvgIpc) is 3.15. The van der Waals surface area contributed by atoms with Crippen LogP contribution in [-0.2, 0) is 0 Å². The van der Waals surface area contributed by atoms with Gasteiger partial charge in [-0.05, 0) is 59.7 Å². The molecular formula is C23H24N2O2S. The van der Waals surface area contributed by atoms with Crippen molar-refractivity contribution in [1.82, 2.24) is 4.98 Å². The number of hydrogen-bond donors (Lipinski definition) is 2. The largest absolute Gasteiger partial charge is 0.507 e. The van der Waals surface area contributed by atoms with Crippen molar-refractivity contribution >= 4 is 17.6 Å². The molecule has 2 aromatic carbocycles. The minimum Gasteiger partial charge on any atom is -0.507 e. The number of benzene rings is 2. The first-order valence-electron chi connectivity index (χ1n) is 9.60. The molecule has 1 aliphatic rings. The van der Waals surface area contributed by atoms with Crippen molar-refractivity contribution in [2.45, 2.75) is 24.3 Å². The summed E-state index contributed by atoms with van der Waals surface area (Å²) in [4.78, 5) is 8.17. The van der Waals surface area contributed by atoms with E-state index in [9.17, 15) is 10.2 Å². The third kappa shape index (κ3) is 4.01. The predicted octanol–water partition coefficient (Wildman–Crippen LogP) is 4.80. The molecule has 5 heteroatoms. The van der Waals surface area contributed by atoms with Gasteiger partial charge in [0.1, 0.15) is 11.6 Å². The summed E-state index contributed by atoms with van der Waals surface area (Å²) in [5, 5.41) is 20.3. The van der Waals surface area contributed by atoms with Gasteiger partial charge in [0, 0.05) is 23.5 Å². The topological polar surface area (TPSA) is 56.6 Å². The maximum absolute atomic E-state index is 10.3. The molecule has 0 bridgehead atoms. The number of pyridine rings is 1. The Kier molecular flexibility index (Phi) is 5.55. The standard InChI is InChI=1S/C23H24N2O2S/c1-2-28-19-9-7-16(8-10-19)17-13-21(20-5-3-4-6-22(20)27)24-23(14-17)25-12-11-18(26)15-25/h3-10,13-14,18,26-27H,2,11-12,15H2,1H3. The summed E-state index contributed by atoms with van der Waals surface area (Å²) in [5.41, 5.74) is 3.61. The van der Waals surface area contributed by atoms with Crippen LogP contribution in [0.4, 0.5) is 5.82 Å². The van der Waals surface area contributed by atoms with Gasteiger partial charge in [-0.1, -0.05) is 31.2 Å². The zero-order valence-electron chi connectivity index (χ0n) is 15.9. The number of phenolic OH excluding ortho intramolecular Hbond substituents is 1. The fourth-order valence-corrected chi connectivity index (χ4v) is 4.19. The minimum absolute atomic E-state index is 0.217. The van der Waals surface area contributed by atoms with Gasteiger partial charge in [0.25, 0.3) is 0 Å². The Balaban J connectivity index is 1.78. The Bertz CT molecular complexity index is 959. The molecule has 0 radical (unpaired) electrons. The first-order chi connectivity index (χ1) is 13.6. The molecule has 1 aromatic heterocycles. The Labute approximate surface area is 169 Å². The second-order valence-corrected chi connectivity index (χ2v) is 8.30. The Morgan fingerprint density at radius 1 is 1.07 bits per heavy atom. The normalized spacial score (nSPS) is 16.5. The molecular weight excluding hydrogens is 368 g/mol. The number of aromatic nitrogens is 1. The van der Waals surface area contributed by atoms with Crippen molar-refractivity contribution < 1.29 is 10.2 Å². The molecule has 1 fully saturated rings. The van der Waals surface area contributed by atoms with Crippen LogP contribution >= 0.6 is 11.8 Å². The summed E-state index contributed by atoms with van der Waals surface area (Å²) in [6.07, 6.45) is 0.435. The summed E-state index contributed by atoms with van der Waals surface area (Å²) in [7, 11) is 0. The molecule has 1 aliphatic heterocycles. The highest BCUT2D eigenvalue weighted by Crippen LogP contribution is 2.34. The predicted molar refractivity (Wildman–Crippen MR) is 116 cm³/mol.